The van der Waals surface area contributed by atoms with E-state index in [9.17, 15) is 14.7 Å². The van der Waals surface area contributed by atoms with Crippen LogP contribution in [-0.4, -0.2) is 32.3 Å². The van der Waals surface area contributed by atoms with Crippen LogP contribution in [0.5, 0.6) is 11.5 Å². The average Bonchev–Trinajstić information content (AvgIpc) is 3.10. The van der Waals surface area contributed by atoms with Crippen LogP contribution in [0.4, 0.5) is 4.79 Å². The summed E-state index contributed by atoms with van der Waals surface area (Å²) in [6, 6.07) is 7.20. The molecule has 3 aromatic rings. The van der Waals surface area contributed by atoms with Crippen molar-refractivity contribution in [3.63, 3.8) is 0 Å². The molecule has 1 atom stereocenters. The number of urea groups is 1. The number of nitrogens with zero attached hydrogens (tertiary/aromatic N) is 2. The largest absolute Gasteiger partial charge is 0.508 e. The summed E-state index contributed by atoms with van der Waals surface area (Å²) < 4.78 is 6.85. The van der Waals surface area contributed by atoms with Gasteiger partial charge < -0.3 is 20.5 Å². The molecule has 0 unspecified atom stereocenters. The topological polar surface area (TPSA) is 121 Å². The molecule has 26 heavy (non-hydrogen) atoms. The summed E-state index contributed by atoms with van der Waals surface area (Å²) in [6.45, 7) is 0.601. The van der Waals surface area contributed by atoms with Gasteiger partial charge in [-0.05, 0) is 18.2 Å². The van der Waals surface area contributed by atoms with Gasteiger partial charge in [0.1, 0.15) is 11.5 Å². The lowest BCUT2D eigenvalue weighted by molar-refractivity contribution is 0.222. The standard InChI is InChI=1S/C17H17N5O4/c23-11-1-2-14-12(8-11)13(4-6-26-14)21-17(25)18-9-10-7-16(24)22-15(20-10)3-5-19-22/h1-3,5,7-8,13,19,23H,4,6,9H2,(H2,18,21,25)/t13-/m0/s1. The van der Waals surface area contributed by atoms with Crippen LogP contribution < -0.4 is 20.9 Å². The lowest BCUT2D eigenvalue weighted by Crippen LogP contribution is -2.39. The first kappa shape index (κ1) is 16.0. The summed E-state index contributed by atoms with van der Waals surface area (Å²) in [6.07, 6.45) is 2.21. The van der Waals surface area contributed by atoms with E-state index in [1.54, 1.807) is 30.5 Å². The molecule has 1 aliphatic heterocycles. The summed E-state index contributed by atoms with van der Waals surface area (Å²) in [4.78, 5) is 28.5. The summed E-state index contributed by atoms with van der Waals surface area (Å²) in [5, 5.41) is 18.0. The van der Waals surface area contributed by atoms with Crippen molar-refractivity contribution in [2.45, 2.75) is 19.0 Å². The molecule has 0 fully saturated rings. The molecule has 134 valence electrons. The van der Waals surface area contributed by atoms with E-state index in [0.717, 1.165) is 5.56 Å². The molecule has 3 heterocycles. The summed E-state index contributed by atoms with van der Waals surface area (Å²) in [7, 11) is 0. The molecule has 9 heteroatoms. The molecule has 1 aromatic carbocycles. The second-order valence-electron chi connectivity index (χ2n) is 5.98. The van der Waals surface area contributed by atoms with Crippen molar-refractivity contribution in [1.29, 1.82) is 0 Å². The number of aromatic amines is 1. The number of rotatable bonds is 3. The average molecular weight is 355 g/mol. The number of benzene rings is 1. The van der Waals surface area contributed by atoms with Gasteiger partial charge in [0.25, 0.3) is 5.56 Å². The number of H-pyrrole nitrogens is 1. The minimum atomic E-state index is -0.387. The van der Waals surface area contributed by atoms with Gasteiger partial charge in [0.15, 0.2) is 5.65 Å². The molecule has 0 bridgehead atoms. The second-order valence-corrected chi connectivity index (χ2v) is 5.98. The van der Waals surface area contributed by atoms with Crippen LogP contribution in [0.3, 0.4) is 0 Å². The fourth-order valence-corrected chi connectivity index (χ4v) is 2.98. The first-order chi connectivity index (χ1) is 12.6. The smallest absolute Gasteiger partial charge is 0.315 e. The maximum atomic E-state index is 12.2. The SMILES string of the molecule is O=C(NCc1cc(=O)n2[nH]ccc2n1)N[C@H]1CCOc2ccc(O)cc21. The number of phenolic OH excluding ortho intramolecular Hbond substituents is 1. The zero-order chi connectivity index (χ0) is 18.1. The Morgan fingerprint density at radius 3 is 3.15 bits per heavy atom. The number of hydrogen-bond acceptors (Lipinski definition) is 5. The number of fused-ring (bicyclic) bond motifs is 2. The van der Waals surface area contributed by atoms with Gasteiger partial charge in [0.05, 0.1) is 24.9 Å². The minimum Gasteiger partial charge on any atom is -0.508 e. The number of hydrogen-bond donors (Lipinski definition) is 4. The molecule has 0 spiro atoms. The van der Waals surface area contributed by atoms with Gasteiger partial charge in [-0.3, -0.25) is 9.89 Å². The number of ether oxygens (including phenoxy) is 1. The van der Waals surface area contributed by atoms with Crippen LogP contribution in [-0.2, 0) is 6.54 Å². The van der Waals surface area contributed by atoms with Crippen LogP contribution in [0.2, 0.25) is 0 Å². The lowest BCUT2D eigenvalue weighted by atomic mass is 10.0. The maximum Gasteiger partial charge on any atom is 0.315 e. The van der Waals surface area contributed by atoms with Crippen molar-refractivity contribution in [3.8, 4) is 11.5 Å². The highest BCUT2D eigenvalue weighted by atomic mass is 16.5. The van der Waals surface area contributed by atoms with Crippen molar-refractivity contribution >= 4 is 11.7 Å². The van der Waals surface area contributed by atoms with E-state index in [1.165, 1.54) is 10.6 Å². The number of carbonyl (C=O) groups excluding carboxylic acids is 1. The zero-order valence-electron chi connectivity index (χ0n) is 13.7. The van der Waals surface area contributed by atoms with Crippen LogP contribution >= 0.6 is 0 Å². The Hall–Kier alpha value is -3.49. The predicted octanol–water partition coefficient (Wildman–Crippen LogP) is 1.05. The summed E-state index contributed by atoms with van der Waals surface area (Å²) in [5.74, 6) is 0.762. The molecule has 0 aliphatic carbocycles. The molecule has 9 nitrogen and oxygen atoms in total. The monoisotopic (exact) mass is 355 g/mol. The van der Waals surface area contributed by atoms with Gasteiger partial charge in [-0.15, -0.1) is 0 Å². The van der Waals surface area contributed by atoms with Crippen molar-refractivity contribution in [1.82, 2.24) is 25.2 Å². The van der Waals surface area contributed by atoms with Crippen LogP contribution in [0, 0.1) is 0 Å². The first-order valence-electron chi connectivity index (χ1n) is 8.16. The van der Waals surface area contributed by atoms with Crippen molar-refractivity contribution < 1.29 is 14.6 Å². The van der Waals surface area contributed by atoms with Gasteiger partial charge in [-0.25, -0.2) is 14.3 Å². The number of amides is 2. The van der Waals surface area contributed by atoms with E-state index in [-0.39, 0.29) is 29.9 Å². The van der Waals surface area contributed by atoms with Gasteiger partial charge >= 0.3 is 6.03 Å². The minimum absolute atomic E-state index is 0.117. The lowest BCUT2D eigenvalue weighted by Gasteiger charge is -2.26. The van der Waals surface area contributed by atoms with E-state index in [0.29, 0.717) is 30.1 Å². The van der Waals surface area contributed by atoms with E-state index < -0.39 is 0 Å². The summed E-state index contributed by atoms with van der Waals surface area (Å²) in [5.41, 5.74) is 1.45. The zero-order valence-corrected chi connectivity index (χ0v) is 13.7. The summed E-state index contributed by atoms with van der Waals surface area (Å²) >= 11 is 0. The third kappa shape index (κ3) is 3.06. The molecular formula is C17H17N5O4. The maximum absolute atomic E-state index is 12.2. The van der Waals surface area contributed by atoms with Crippen molar-refractivity contribution in [3.05, 3.63) is 58.1 Å². The predicted molar refractivity (Wildman–Crippen MR) is 92.1 cm³/mol. The molecular weight excluding hydrogens is 338 g/mol. The number of aromatic hydroxyl groups is 1. The second kappa shape index (κ2) is 6.43. The Morgan fingerprint density at radius 2 is 2.27 bits per heavy atom. The molecule has 4 rings (SSSR count). The normalized spacial score (nSPS) is 15.9. The number of carbonyl (C=O) groups is 1. The Bertz CT molecular complexity index is 1030. The quantitative estimate of drug-likeness (QED) is 0.560. The van der Waals surface area contributed by atoms with E-state index in [1.807, 2.05) is 0 Å². The third-order valence-electron chi connectivity index (χ3n) is 4.20. The Kier molecular flexibility index (Phi) is 3.96. The third-order valence-corrected chi connectivity index (χ3v) is 4.20. The Labute approximate surface area is 147 Å². The molecule has 0 saturated carbocycles. The van der Waals surface area contributed by atoms with Crippen LogP contribution in [0.25, 0.3) is 5.65 Å². The molecule has 0 radical (unpaired) electrons. The van der Waals surface area contributed by atoms with Crippen molar-refractivity contribution in [2.24, 2.45) is 0 Å². The van der Waals surface area contributed by atoms with E-state index in [2.05, 4.69) is 20.7 Å². The fourth-order valence-electron chi connectivity index (χ4n) is 2.98. The van der Waals surface area contributed by atoms with Crippen LogP contribution in [0.15, 0.2) is 41.3 Å². The number of phenols is 1. The highest BCUT2D eigenvalue weighted by molar-refractivity contribution is 5.74. The fraction of sp³-hybridized carbons (Fsp3) is 0.235. The van der Waals surface area contributed by atoms with Crippen molar-refractivity contribution in [2.75, 3.05) is 6.61 Å². The number of nitrogens with one attached hydrogen (secondary N) is 3. The molecule has 4 N–H and O–H groups in total. The molecule has 2 amide bonds. The molecule has 2 aromatic heterocycles. The van der Waals surface area contributed by atoms with Gasteiger partial charge in [-0.2, -0.15) is 0 Å². The van der Waals surface area contributed by atoms with Gasteiger partial charge in [0, 0.05) is 30.3 Å². The number of aromatic nitrogens is 3. The highest BCUT2D eigenvalue weighted by Gasteiger charge is 2.23. The van der Waals surface area contributed by atoms with E-state index in [4.69, 9.17) is 4.74 Å². The van der Waals surface area contributed by atoms with Gasteiger partial charge in [0.2, 0.25) is 0 Å². The Balaban J connectivity index is 1.43. The molecule has 0 saturated heterocycles. The molecule has 1 aliphatic rings. The first-order valence-corrected chi connectivity index (χ1v) is 8.16. The van der Waals surface area contributed by atoms with E-state index >= 15 is 0 Å². The highest BCUT2D eigenvalue weighted by Crippen LogP contribution is 2.34. The van der Waals surface area contributed by atoms with Crippen LogP contribution in [0.1, 0.15) is 23.7 Å². The Morgan fingerprint density at radius 1 is 1.38 bits per heavy atom. The van der Waals surface area contributed by atoms with Gasteiger partial charge in [-0.1, -0.05) is 0 Å².